The van der Waals surface area contributed by atoms with Crippen LogP contribution in [0.2, 0.25) is 5.02 Å². The maximum atomic E-state index is 13.3. The van der Waals surface area contributed by atoms with Crippen LogP contribution in [0.5, 0.6) is 5.75 Å². The Morgan fingerprint density at radius 1 is 1.03 bits per heavy atom. The van der Waals surface area contributed by atoms with Crippen LogP contribution < -0.4 is 10.1 Å². The molecule has 8 heteroatoms. The van der Waals surface area contributed by atoms with Gasteiger partial charge in [-0.25, -0.2) is 9.78 Å². The Hall–Kier alpha value is -4.36. The number of rotatable bonds is 6. The summed E-state index contributed by atoms with van der Waals surface area (Å²) in [5.41, 5.74) is 3.51. The van der Waals surface area contributed by atoms with Crippen LogP contribution in [0.25, 0.3) is 33.3 Å². The Morgan fingerprint density at radius 3 is 2.54 bits per heavy atom. The second kappa shape index (κ2) is 9.95. The summed E-state index contributed by atoms with van der Waals surface area (Å²) in [5, 5.41) is 4.71. The number of hydrogen-bond donors (Lipinski definition) is 1. The number of oxazole rings is 1. The minimum absolute atomic E-state index is 0.301. The Morgan fingerprint density at radius 2 is 1.78 bits per heavy atom. The van der Waals surface area contributed by atoms with Crippen LogP contribution in [-0.2, 0) is 9.53 Å². The van der Waals surface area contributed by atoms with E-state index in [9.17, 15) is 9.59 Å². The van der Waals surface area contributed by atoms with Gasteiger partial charge in [-0.1, -0.05) is 48.0 Å². The van der Waals surface area contributed by atoms with Gasteiger partial charge < -0.3 is 19.2 Å². The highest BCUT2D eigenvalue weighted by Gasteiger charge is 2.24. The molecule has 1 unspecified atom stereocenters. The van der Waals surface area contributed by atoms with E-state index in [0.717, 1.165) is 10.9 Å². The minimum atomic E-state index is -1.08. The highest BCUT2D eigenvalue weighted by molar-refractivity contribution is 6.31. The molecule has 37 heavy (non-hydrogen) atoms. The van der Waals surface area contributed by atoms with Gasteiger partial charge in [-0.2, -0.15) is 0 Å². The molecule has 0 saturated heterocycles. The number of carbonyl (C=O) groups excluding carboxylic acids is 2. The van der Waals surface area contributed by atoms with Crippen LogP contribution in [0.15, 0.2) is 77.2 Å². The summed E-state index contributed by atoms with van der Waals surface area (Å²) in [7, 11) is 1.48. The monoisotopic (exact) mass is 514 g/mol. The van der Waals surface area contributed by atoms with Gasteiger partial charge in [0, 0.05) is 22.0 Å². The van der Waals surface area contributed by atoms with Crippen LogP contribution in [0.4, 0.5) is 5.69 Å². The molecule has 186 valence electrons. The number of para-hydroxylation sites is 2. The summed E-state index contributed by atoms with van der Waals surface area (Å²) in [6.07, 6.45) is -1.08. The van der Waals surface area contributed by atoms with Crippen LogP contribution in [0.1, 0.15) is 22.8 Å². The van der Waals surface area contributed by atoms with Crippen LogP contribution in [0.3, 0.4) is 0 Å². The first-order valence-corrected chi connectivity index (χ1v) is 12.0. The van der Waals surface area contributed by atoms with Crippen LogP contribution in [0, 0.1) is 6.92 Å². The molecule has 0 aliphatic rings. The molecule has 4 aromatic carbocycles. The third kappa shape index (κ3) is 4.73. The molecule has 0 bridgehead atoms. The highest BCUT2D eigenvalue weighted by atomic mass is 35.5. The normalized spacial score (nSPS) is 11.9. The lowest BCUT2D eigenvalue weighted by Crippen LogP contribution is -2.30. The first-order valence-electron chi connectivity index (χ1n) is 11.6. The standard InChI is InChI=1S/C29H23ClN2O5/c1-16-14-23(25(35-3)15-21(16)30)31-27(33)17(2)36-29(34)20-11-7-9-18-8-6-10-19(26(18)20)28-32-22-12-4-5-13-24(22)37-28/h4-15,17H,1-3H3,(H,31,33). The van der Waals surface area contributed by atoms with Crippen molar-refractivity contribution in [2.24, 2.45) is 0 Å². The van der Waals surface area contributed by atoms with Gasteiger partial charge in [0.25, 0.3) is 5.91 Å². The Labute approximate surface area is 218 Å². The summed E-state index contributed by atoms with van der Waals surface area (Å²) >= 11 is 6.15. The van der Waals surface area contributed by atoms with E-state index in [1.165, 1.54) is 14.0 Å². The SMILES string of the molecule is COc1cc(Cl)c(C)cc1NC(=O)C(C)OC(=O)c1cccc2cccc(-c3nc4ccccc4o3)c12. The average Bonchev–Trinajstić information content (AvgIpc) is 3.34. The van der Waals surface area contributed by atoms with E-state index < -0.39 is 18.0 Å². The number of halogens is 1. The quantitative estimate of drug-likeness (QED) is 0.250. The third-order valence-electron chi connectivity index (χ3n) is 6.04. The Balaban J connectivity index is 1.44. The number of benzene rings is 4. The highest BCUT2D eigenvalue weighted by Crippen LogP contribution is 2.34. The van der Waals surface area contributed by atoms with E-state index in [1.807, 2.05) is 55.5 Å². The fourth-order valence-corrected chi connectivity index (χ4v) is 4.27. The number of ether oxygens (including phenoxy) is 2. The lowest BCUT2D eigenvalue weighted by molar-refractivity contribution is -0.123. The Bertz CT molecular complexity index is 1620. The molecule has 1 amide bonds. The number of hydrogen-bond acceptors (Lipinski definition) is 6. The maximum absolute atomic E-state index is 13.3. The number of carbonyl (C=O) groups is 2. The van der Waals surface area contributed by atoms with E-state index in [0.29, 0.717) is 50.0 Å². The molecule has 1 heterocycles. The first kappa shape index (κ1) is 24.3. The number of anilines is 1. The molecule has 0 radical (unpaired) electrons. The second-order valence-electron chi connectivity index (χ2n) is 8.53. The van der Waals surface area contributed by atoms with Gasteiger partial charge in [0.05, 0.1) is 18.4 Å². The van der Waals surface area contributed by atoms with Crippen molar-refractivity contribution >= 4 is 51.0 Å². The van der Waals surface area contributed by atoms with E-state index in [1.54, 1.807) is 24.3 Å². The van der Waals surface area contributed by atoms with Crippen molar-refractivity contribution in [1.82, 2.24) is 4.98 Å². The number of aryl methyl sites for hydroxylation is 1. The number of methoxy groups -OCH3 is 1. The van der Waals surface area contributed by atoms with Crippen molar-refractivity contribution in [3.05, 3.63) is 88.9 Å². The number of nitrogens with zero attached hydrogens (tertiary/aromatic N) is 1. The lowest BCUT2D eigenvalue weighted by Gasteiger charge is -2.17. The van der Waals surface area contributed by atoms with Crippen molar-refractivity contribution in [2.45, 2.75) is 20.0 Å². The average molecular weight is 515 g/mol. The molecule has 1 aromatic heterocycles. The van der Waals surface area contributed by atoms with Gasteiger partial charge in [-0.15, -0.1) is 0 Å². The molecule has 1 atom stereocenters. The molecule has 0 fully saturated rings. The molecule has 0 spiro atoms. The number of fused-ring (bicyclic) bond motifs is 2. The summed E-state index contributed by atoms with van der Waals surface area (Å²) in [6, 6.07) is 21.7. The topological polar surface area (TPSA) is 90.7 Å². The van der Waals surface area contributed by atoms with Crippen molar-refractivity contribution < 1.29 is 23.5 Å². The van der Waals surface area contributed by atoms with Crippen molar-refractivity contribution in [3.8, 4) is 17.2 Å². The predicted octanol–water partition coefficient (Wildman–Crippen LogP) is 6.80. The number of esters is 1. The predicted molar refractivity (Wildman–Crippen MR) is 143 cm³/mol. The molecule has 1 N–H and O–H groups in total. The molecule has 0 saturated carbocycles. The van der Waals surface area contributed by atoms with E-state index in [2.05, 4.69) is 10.3 Å². The zero-order chi connectivity index (χ0) is 26.1. The van der Waals surface area contributed by atoms with E-state index in [-0.39, 0.29) is 0 Å². The van der Waals surface area contributed by atoms with Crippen LogP contribution >= 0.6 is 11.6 Å². The zero-order valence-electron chi connectivity index (χ0n) is 20.4. The van der Waals surface area contributed by atoms with Gasteiger partial charge >= 0.3 is 5.97 Å². The van der Waals surface area contributed by atoms with Gasteiger partial charge in [0.2, 0.25) is 5.89 Å². The molecule has 7 nitrogen and oxygen atoms in total. The third-order valence-corrected chi connectivity index (χ3v) is 6.45. The smallest absolute Gasteiger partial charge is 0.339 e. The fraction of sp³-hybridized carbons (Fsp3) is 0.138. The summed E-state index contributed by atoms with van der Waals surface area (Å²) < 4.78 is 16.9. The summed E-state index contributed by atoms with van der Waals surface area (Å²) in [5.74, 6) is -0.355. The van der Waals surface area contributed by atoms with Gasteiger partial charge in [0.15, 0.2) is 11.7 Å². The van der Waals surface area contributed by atoms with Crippen molar-refractivity contribution in [3.63, 3.8) is 0 Å². The fourth-order valence-electron chi connectivity index (χ4n) is 4.12. The number of aromatic nitrogens is 1. The number of nitrogens with one attached hydrogen (secondary N) is 1. The minimum Gasteiger partial charge on any atom is -0.495 e. The Kier molecular flexibility index (Phi) is 6.54. The molecule has 0 aliphatic carbocycles. The van der Waals surface area contributed by atoms with Gasteiger partial charge in [-0.05, 0) is 55.1 Å². The summed E-state index contributed by atoms with van der Waals surface area (Å²) in [6.45, 7) is 3.32. The van der Waals surface area contributed by atoms with Gasteiger partial charge in [0.1, 0.15) is 11.3 Å². The zero-order valence-corrected chi connectivity index (χ0v) is 21.1. The molecular formula is C29H23ClN2O5. The van der Waals surface area contributed by atoms with Crippen molar-refractivity contribution in [1.29, 1.82) is 0 Å². The van der Waals surface area contributed by atoms with Crippen LogP contribution in [-0.4, -0.2) is 30.1 Å². The van der Waals surface area contributed by atoms with E-state index in [4.69, 9.17) is 25.5 Å². The molecular weight excluding hydrogens is 492 g/mol. The largest absolute Gasteiger partial charge is 0.495 e. The molecule has 5 aromatic rings. The van der Waals surface area contributed by atoms with Gasteiger partial charge in [-0.3, -0.25) is 4.79 Å². The molecule has 5 rings (SSSR count). The lowest BCUT2D eigenvalue weighted by atomic mass is 9.99. The maximum Gasteiger partial charge on any atom is 0.339 e. The number of amides is 1. The van der Waals surface area contributed by atoms with E-state index >= 15 is 0 Å². The second-order valence-corrected chi connectivity index (χ2v) is 8.94. The molecule has 0 aliphatic heterocycles. The summed E-state index contributed by atoms with van der Waals surface area (Å²) in [4.78, 5) is 30.8. The van der Waals surface area contributed by atoms with Crippen molar-refractivity contribution in [2.75, 3.05) is 12.4 Å². The first-order chi connectivity index (χ1) is 17.9.